The molecule has 7 nitrogen and oxygen atoms in total. The number of aromatic nitrogens is 2. The van der Waals surface area contributed by atoms with E-state index in [4.69, 9.17) is 10.5 Å². The van der Waals surface area contributed by atoms with Gasteiger partial charge in [-0.05, 0) is 50.8 Å². The van der Waals surface area contributed by atoms with Crippen LogP contribution in [0.25, 0.3) is 0 Å². The topological polar surface area (TPSA) is 107 Å². The fourth-order valence-electron chi connectivity index (χ4n) is 2.84. The first-order valence-electron chi connectivity index (χ1n) is 8.24. The molecule has 1 aliphatic rings. The molecule has 25 heavy (non-hydrogen) atoms. The number of carbonyl (C=O) groups excluding carboxylic acids is 2. The number of ether oxygens (including phenoxy) is 1. The van der Waals surface area contributed by atoms with Gasteiger partial charge >= 0.3 is 0 Å². The number of nitrogens with zero attached hydrogens (tertiary/aromatic N) is 2. The first-order chi connectivity index (χ1) is 12.0. The highest BCUT2D eigenvalue weighted by atomic mass is 16.5. The van der Waals surface area contributed by atoms with Crippen molar-refractivity contribution < 1.29 is 14.3 Å². The third-order valence-corrected chi connectivity index (χ3v) is 3.99. The van der Waals surface area contributed by atoms with Crippen LogP contribution in [0, 0.1) is 6.92 Å². The predicted octanol–water partition coefficient (Wildman–Crippen LogP) is 1.67. The Balaban J connectivity index is 1.82. The van der Waals surface area contributed by atoms with Crippen LogP contribution in [0.4, 0.5) is 0 Å². The fraction of sp³-hybridized carbons (Fsp3) is 0.333. The molecule has 3 rings (SSSR count). The minimum atomic E-state index is -0.594. The van der Waals surface area contributed by atoms with Gasteiger partial charge in [0.25, 0.3) is 5.91 Å². The van der Waals surface area contributed by atoms with Crippen LogP contribution < -0.4 is 15.8 Å². The van der Waals surface area contributed by atoms with E-state index < -0.39 is 5.91 Å². The smallest absolute Gasteiger partial charge is 0.251 e. The zero-order valence-corrected chi connectivity index (χ0v) is 14.0. The Morgan fingerprint density at radius 3 is 2.84 bits per heavy atom. The van der Waals surface area contributed by atoms with Gasteiger partial charge < -0.3 is 15.8 Å². The molecule has 0 unspecified atom stereocenters. The van der Waals surface area contributed by atoms with Gasteiger partial charge in [0.1, 0.15) is 11.6 Å². The molecule has 2 aromatic rings. The Morgan fingerprint density at radius 1 is 1.24 bits per heavy atom. The number of amides is 2. The van der Waals surface area contributed by atoms with Crippen LogP contribution in [-0.4, -0.2) is 28.3 Å². The second-order valence-corrected chi connectivity index (χ2v) is 5.99. The van der Waals surface area contributed by atoms with Crippen LogP contribution >= 0.6 is 0 Å². The van der Waals surface area contributed by atoms with Gasteiger partial charge in [-0.2, -0.15) is 4.98 Å². The molecule has 0 radical (unpaired) electrons. The van der Waals surface area contributed by atoms with Crippen molar-refractivity contribution in [2.75, 3.05) is 6.54 Å². The number of nitrogens with two attached hydrogens (primary N) is 1. The van der Waals surface area contributed by atoms with Gasteiger partial charge in [0.15, 0.2) is 0 Å². The summed E-state index contributed by atoms with van der Waals surface area (Å²) in [6.45, 7) is 1.64. The van der Waals surface area contributed by atoms with E-state index in [0.717, 1.165) is 36.9 Å². The summed E-state index contributed by atoms with van der Waals surface area (Å²) in [4.78, 5) is 31.7. The van der Waals surface area contributed by atoms with Crippen molar-refractivity contribution in [2.45, 2.75) is 32.6 Å². The van der Waals surface area contributed by atoms with Gasteiger partial charge in [-0.15, -0.1) is 0 Å². The lowest BCUT2D eigenvalue weighted by atomic mass is 9.97. The molecule has 0 saturated carbocycles. The SMILES string of the molecule is Cc1nc2c(c(Oc3cccc(C(=O)NCC(N)=O)c3)n1)CCCC2. The van der Waals surface area contributed by atoms with Crippen LogP contribution in [0.1, 0.15) is 40.3 Å². The first-order valence-corrected chi connectivity index (χ1v) is 8.24. The standard InChI is InChI=1S/C18H20N4O3/c1-11-21-15-8-3-2-7-14(15)18(22-11)25-13-6-4-5-12(9-13)17(24)20-10-16(19)23/h4-6,9H,2-3,7-8,10H2,1H3,(H2,19,23)(H,20,24). The Morgan fingerprint density at radius 2 is 2.04 bits per heavy atom. The molecular formula is C18H20N4O3. The maximum Gasteiger partial charge on any atom is 0.251 e. The number of benzene rings is 1. The van der Waals surface area contributed by atoms with Crippen molar-refractivity contribution in [3.05, 3.63) is 46.9 Å². The monoisotopic (exact) mass is 340 g/mol. The maximum absolute atomic E-state index is 12.0. The summed E-state index contributed by atoms with van der Waals surface area (Å²) in [5, 5.41) is 2.45. The summed E-state index contributed by atoms with van der Waals surface area (Å²) in [7, 11) is 0. The highest BCUT2D eigenvalue weighted by Gasteiger charge is 2.18. The molecule has 7 heteroatoms. The second kappa shape index (κ2) is 7.29. The molecule has 0 atom stereocenters. The Labute approximate surface area is 145 Å². The highest BCUT2D eigenvalue weighted by molar-refractivity contribution is 5.96. The number of nitrogens with one attached hydrogen (secondary N) is 1. The average Bonchev–Trinajstić information content (AvgIpc) is 2.59. The van der Waals surface area contributed by atoms with Crippen LogP contribution in [0.3, 0.4) is 0 Å². The molecule has 0 spiro atoms. The van der Waals surface area contributed by atoms with E-state index in [-0.39, 0.29) is 12.5 Å². The molecular weight excluding hydrogens is 320 g/mol. The van der Waals surface area contributed by atoms with E-state index in [1.54, 1.807) is 24.3 Å². The van der Waals surface area contributed by atoms with Crippen molar-refractivity contribution in [1.29, 1.82) is 0 Å². The van der Waals surface area contributed by atoms with Crippen LogP contribution in [0.5, 0.6) is 11.6 Å². The summed E-state index contributed by atoms with van der Waals surface area (Å²) >= 11 is 0. The van der Waals surface area contributed by atoms with Gasteiger partial charge in [0.05, 0.1) is 12.2 Å². The Hall–Kier alpha value is -2.96. The summed E-state index contributed by atoms with van der Waals surface area (Å²) in [5.41, 5.74) is 7.51. The number of aryl methyl sites for hydroxylation is 2. The minimum absolute atomic E-state index is 0.206. The normalized spacial score (nSPS) is 13.0. The molecule has 1 aliphatic carbocycles. The zero-order chi connectivity index (χ0) is 17.8. The Bertz CT molecular complexity index is 820. The number of fused-ring (bicyclic) bond motifs is 1. The number of carbonyl (C=O) groups is 2. The summed E-state index contributed by atoms with van der Waals surface area (Å²) < 4.78 is 5.95. The molecule has 1 heterocycles. The van der Waals surface area contributed by atoms with Gasteiger partial charge in [-0.25, -0.2) is 4.98 Å². The van der Waals surface area contributed by atoms with Crippen LogP contribution in [-0.2, 0) is 17.6 Å². The van der Waals surface area contributed by atoms with Gasteiger partial charge in [0, 0.05) is 11.1 Å². The molecule has 2 amide bonds. The summed E-state index contributed by atoms with van der Waals surface area (Å²) in [6.07, 6.45) is 4.04. The fourth-order valence-corrected chi connectivity index (χ4v) is 2.84. The molecule has 0 fully saturated rings. The number of primary amides is 1. The van der Waals surface area contributed by atoms with Crippen LogP contribution in [0.15, 0.2) is 24.3 Å². The van der Waals surface area contributed by atoms with E-state index in [1.807, 2.05) is 6.92 Å². The molecule has 3 N–H and O–H groups in total. The summed E-state index contributed by atoms with van der Waals surface area (Å²) in [5.74, 6) is 0.759. The third kappa shape index (κ3) is 4.12. The van der Waals surface area contributed by atoms with Crippen molar-refractivity contribution in [3.8, 4) is 11.6 Å². The molecule has 1 aromatic carbocycles. The van der Waals surface area contributed by atoms with Crippen molar-refractivity contribution in [2.24, 2.45) is 5.73 Å². The Kier molecular flexibility index (Phi) is 4.92. The van der Waals surface area contributed by atoms with E-state index in [9.17, 15) is 9.59 Å². The number of hydrogen-bond acceptors (Lipinski definition) is 5. The van der Waals surface area contributed by atoms with Gasteiger partial charge in [0.2, 0.25) is 11.8 Å². The molecule has 130 valence electrons. The minimum Gasteiger partial charge on any atom is -0.439 e. The molecule has 0 bridgehead atoms. The maximum atomic E-state index is 12.0. The second-order valence-electron chi connectivity index (χ2n) is 5.99. The summed E-state index contributed by atoms with van der Waals surface area (Å²) in [6, 6.07) is 6.74. The molecule has 1 aromatic heterocycles. The zero-order valence-electron chi connectivity index (χ0n) is 14.0. The van der Waals surface area contributed by atoms with Crippen molar-refractivity contribution in [3.63, 3.8) is 0 Å². The van der Waals surface area contributed by atoms with E-state index >= 15 is 0 Å². The van der Waals surface area contributed by atoms with Gasteiger partial charge in [-0.1, -0.05) is 6.07 Å². The average molecular weight is 340 g/mol. The number of rotatable bonds is 5. The predicted molar refractivity (Wildman–Crippen MR) is 91.5 cm³/mol. The molecule has 0 aliphatic heterocycles. The van der Waals surface area contributed by atoms with Crippen molar-refractivity contribution in [1.82, 2.24) is 15.3 Å². The molecule has 0 saturated heterocycles. The van der Waals surface area contributed by atoms with Crippen molar-refractivity contribution >= 4 is 11.8 Å². The van der Waals surface area contributed by atoms with Gasteiger partial charge in [-0.3, -0.25) is 9.59 Å². The lowest BCUT2D eigenvalue weighted by Crippen LogP contribution is -2.33. The number of hydrogen-bond donors (Lipinski definition) is 2. The first kappa shape index (κ1) is 16.9. The van der Waals surface area contributed by atoms with E-state index in [1.165, 1.54) is 0 Å². The lowest BCUT2D eigenvalue weighted by Gasteiger charge is -2.18. The van der Waals surface area contributed by atoms with E-state index in [2.05, 4.69) is 15.3 Å². The lowest BCUT2D eigenvalue weighted by molar-refractivity contribution is -0.117. The van der Waals surface area contributed by atoms with Crippen LogP contribution in [0.2, 0.25) is 0 Å². The largest absolute Gasteiger partial charge is 0.439 e. The quantitative estimate of drug-likeness (QED) is 0.861. The highest BCUT2D eigenvalue weighted by Crippen LogP contribution is 2.30. The van der Waals surface area contributed by atoms with E-state index in [0.29, 0.717) is 23.0 Å². The third-order valence-electron chi connectivity index (χ3n) is 3.99.